The number of esters is 1. The first kappa shape index (κ1) is 47.9. The Morgan fingerprint density at radius 3 is 1.74 bits per heavy atom. The highest BCUT2D eigenvalue weighted by Crippen LogP contribution is 2.43. The normalized spacial score (nSPS) is 15.1. The van der Waals surface area contributed by atoms with E-state index in [2.05, 4.69) is 86.8 Å². The highest BCUT2D eigenvalue weighted by molar-refractivity contribution is 7.47. The van der Waals surface area contributed by atoms with Gasteiger partial charge in [-0.25, -0.2) is 4.57 Å². The third-order valence-corrected chi connectivity index (χ3v) is 8.33. The minimum absolute atomic E-state index is 0.0124. The highest BCUT2D eigenvalue weighted by Gasteiger charge is 2.26. The van der Waals surface area contributed by atoms with E-state index in [1.165, 1.54) is 12.8 Å². The fraction of sp³-hybridized carbons (Fsp3) is 0.675. The van der Waals surface area contributed by atoms with E-state index in [1.54, 1.807) is 0 Å². The standard InChI is InChI=1S/C40H69O9P/c1-3-5-7-9-11-13-15-16-17-18-19-20-21-23-25-27-29-31-33-46-36-39(37-48-50(44,45)47-35-38(42)34-41)49-40(43)32-30-28-26-24-22-14-12-10-8-6-4-2/h5,7,10-13,16-17,19-20,23,25,38-39,41-42H,3-4,6,8-9,14-15,18,21-22,24,26-37H2,1-2H3,(H,44,45)/b7-5-,12-10-,13-11-,17-16-,20-19-,25-23-. The van der Waals surface area contributed by atoms with E-state index in [0.29, 0.717) is 13.0 Å². The molecule has 0 aromatic heterocycles. The molecule has 3 unspecified atom stereocenters. The highest BCUT2D eigenvalue weighted by atomic mass is 31.2. The molecule has 0 aliphatic carbocycles. The first-order valence-corrected chi connectivity index (χ1v) is 20.4. The zero-order valence-corrected chi connectivity index (χ0v) is 32.0. The van der Waals surface area contributed by atoms with Crippen molar-refractivity contribution in [2.75, 3.05) is 33.0 Å². The van der Waals surface area contributed by atoms with Crippen LogP contribution >= 0.6 is 7.82 Å². The van der Waals surface area contributed by atoms with E-state index in [-0.39, 0.29) is 13.0 Å². The van der Waals surface area contributed by atoms with E-state index in [1.807, 2.05) is 0 Å². The summed E-state index contributed by atoms with van der Waals surface area (Å²) in [7, 11) is -4.53. The van der Waals surface area contributed by atoms with Crippen molar-refractivity contribution in [3.8, 4) is 0 Å². The van der Waals surface area contributed by atoms with Gasteiger partial charge in [-0.1, -0.05) is 119 Å². The van der Waals surface area contributed by atoms with Crippen LogP contribution in [-0.4, -0.2) is 66.3 Å². The van der Waals surface area contributed by atoms with Crippen LogP contribution in [0.2, 0.25) is 0 Å². The molecule has 0 saturated carbocycles. The zero-order chi connectivity index (χ0) is 36.8. The van der Waals surface area contributed by atoms with Crippen LogP contribution < -0.4 is 0 Å². The fourth-order valence-electron chi connectivity index (χ4n) is 4.48. The van der Waals surface area contributed by atoms with Crippen LogP contribution in [0, 0.1) is 0 Å². The Balaban J connectivity index is 4.34. The summed E-state index contributed by atoms with van der Waals surface area (Å²) in [6.07, 6.45) is 41.5. The van der Waals surface area contributed by atoms with E-state index < -0.39 is 45.8 Å². The van der Waals surface area contributed by atoms with Gasteiger partial charge in [0.2, 0.25) is 0 Å². The molecule has 0 heterocycles. The summed E-state index contributed by atoms with van der Waals surface area (Å²) in [6, 6.07) is 0. The number of aliphatic hydroxyl groups excluding tert-OH is 2. The molecule has 3 atom stereocenters. The number of carbonyl (C=O) groups is 1. The Morgan fingerprint density at radius 2 is 1.14 bits per heavy atom. The molecule has 0 amide bonds. The minimum Gasteiger partial charge on any atom is -0.457 e. The predicted molar refractivity (Wildman–Crippen MR) is 205 cm³/mol. The molecular formula is C40H69O9P. The molecule has 0 spiro atoms. The Kier molecular flexibility index (Phi) is 35.1. The number of hydrogen-bond acceptors (Lipinski definition) is 8. The summed E-state index contributed by atoms with van der Waals surface area (Å²) in [5.41, 5.74) is 0. The lowest BCUT2D eigenvalue weighted by Gasteiger charge is -2.20. The number of allylic oxidation sites excluding steroid dienone is 12. The second-order valence-corrected chi connectivity index (χ2v) is 13.7. The minimum atomic E-state index is -4.53. The Labute approximate surface area is 303 Å². The molecule has 288 valence electrons. The molecule has 0 aromatic rings. The number of ether oxygens (including phenoxy) is 2. The average molecular weight is 725 g/mol. The van der Waals surface area contributed by atoms with Gasteiger partial charge in [0.05, 0.1) is 26.4 Å². The van der Waals surface area contributed by atoms with Gasteiger partial charge >= 0.3 is 13.8 Å². The average Bonchev–Trinajstić information content (AvgIpc) is 3.10. The molecule has 10 heteroatoms. The molecule has 0 aromatic carbocycles. The predicted octanol–water partition coefficient (Wildman–Crippen LogP) is 9.80. The number of rotatable bonds is 35. The van der Waals surface area contributed by atoms with Crippen LogP contribution in [0.15, 0.2) is 72.9 Å². The summed E-state index contributed by atoms with van der Waals surface area (Å²) in [6.45, 7) is 3.20. The number of carbonyl (C=O) groups excluding carboxylic acids is 1. The topological polar surface area (TPSA) is 132 Å². The van der Waals surface area contributed by atoms with Crippen molar-refractivity contribution in [3.05, 3.63) is 72.9 Å². The lowest BCUT2D eigenvalue weighted by molar-refractivity contribution is -0.154. The summed E-state index contributed by atoms with van der Waals surface area (Å²) in [5.74, 6) is -0.413. The van der Waals surface area contributed by atoms with Crippen LogP contribution in [0.1, 0.15) is 129 Å². The summed E-state index contributed by atoms with van der Waals surface area (Å²) >= 11 is 0. The van der Waals surface area contributed by atoms with Crippen molar-refractivity contribution >= 4 is 13.8 Å². The molecule has 0 bridgehead atoms. The van der Waals surface area contributed by atoms with Crippen molar-refractivity contribution in [2.24, 2.45) is 0 Å². The monoisotopic (exact) mass is 724 g/mol. The Hall–Kier alpha value is -2.10. The maximum Gasteiger partial charge on any atom is 0.472 e. The first-order valence-electron chi connectivity index (χ1n) is 18.9. The van der Waals surface area contributed by atoms with Gasteiger partial charge in [-0.3, -0.25) is 13.8 Å². The molecule has 0 aliphatic rings. The summed E-state index contributed by atoms with van der Waals surface area (Å²) in [4.78, 5) is 22.4. The molecule has 0 saturated heterocycles. The van der Waals surface area contributed by atoms with Gasteiger partial charge in [-0.05, 0) is 77.0 Å². The largest absolute Gasteiger partial charge is 0.472 e. The van der Waals surface area contributed by atoms with E-state index in [4.69, 9.17) is 23.6 Å². The van der Waals surface area contributed by atoms with Crippen LogP contribution in [0.4, 0.5) is 0 Å². The lowest BCUT2D eigenvalue weighted by Crippen LogP contribution is -2.29. The number of phosphoric acid groups is 1. The molecule has 0 fully saturated rings. The third kappa shape index (κ3) is 35.7. The van der Waals surface area contributed by atoms with Gasteiger partial charge in [0.25, 0.3) is 0 Å². The number of aliphatic hydroxyl groups is 2. The molecule has 50 heavy (non-hydrogen) atoms. The van der Waals surface area contributed by atoms with Crippen LogP contribution in [-0.2, 0) is 27.9 Å². The maximum absolute atomic E-state index is 12.5. The van der Waals surface area contributed by atoms with Gasteiger partial charge in [-0.15, -0.1) is 0 Å². The third-order valence-electron chi connectivity index (χ3n) is 7.38. The summed E-state index contributed by atoms with van der Waals surface area (Å²) < 4.78 is 33.1. The SMILES string of the molecule is CC/C=C\C/C=C\C/C=C\C/C=C\C/C=C\CCCCOCC(COP(=O)(O)OCC(O)CO)OC(=O)CCCCCCC/C=C\CCCC. The van der Waals surface area contributed by atoms with E-state index in [9.17, 15) is 19.4 Å². The lowest BCUT2D eigenvalue weighted by atomic mass is 10.1. The fourth-order valence-corrected chi connectivity index (χ4v) is 5.27. The number of hydrogen-bond donors (Lipinski definition) is 3. The van der Waals surface area contributed by atoms with E-state index in [0.717, 1.165) is 89.9 Å². The Morgan fingerprint density at radius 1 is 0.640 bits per heavy atom. The number of phosphoric ester groups is 1. The van der Waals surface area contributed by atoms with Gasteiger partial charge in [-0.2, -0.15) is 0 Å². The molecule has 0 rings (SSSR count). The van der Waals surface area contributed by atoms with Crippen LogP contribution in [0.5, 0.6) is 0 Å². The van der Waals surface area contributed by atoms with Crippen molar-refractivity contribution in [1.82, 2.24) is 0 Å². The zero-order valence-electron chi connectivity index (χ0n) is 31.1. The van der Waals surface area contributed by atoms with Crippen LogP contribution in [0.25, 0.3) is 0 Å². The van der Waals surface area contributed by atoms with Gasteiger partial charge in [0, 0.05) is 13.0 Å². The molecule has 3 N–H and O–H groups in total. The summed E-state index contributed by atoms with van der Waals surface area (Å²) in [5, 5.41) is 18.3. The van der Waals surface area contributed by atoms with Gasteiger partial charge in [0.15, 0.2) is 0 Å². The van der Waals surface area contributed by atoms with Crippen molar-refractivity contribution < 1.29 is 43.0 Å². The molecule has 0 radical (unpaired) electrons. The second-order valence-electron chi connectivity index (χ2n) is 12.2. The molecule has 9 nitrogen and oxygen atoms in total. The van der Waals surface area contributed by atoms with Crippen molar-refractivity contribution in [3.63, 3.8) is 0 Å². The van der Waals surface area contributed by atoms with Gasteiger partial charge < -0.3 is 24.6 Å². The van der Waals surface area contributed by atoms with Crippen molar-refractivity contribution in [2.45, 2.75) is 142 Å². The van der Waals surface area contributed by atoms with Gasteiger partial charge in [0.1, 0.15) is 12.2 Å². The van der Waals surface area contributed by atoms with Crippen LogP contribution in [0.3, 0.4) is 0 Å². The number of unbranched alkanes of at least 4 members (excludes halogenated alkanes) is 9. The first-order chi connectivity index (χ1) is 24.3. The smallest absolute Gasteiger partial charge is 0.457 e. The van der Waals surface area contributed by atoms with Crippen molar-refractivity contribution in [1.29, 1.82) is 0 Å². The second kappa shape index (κ2) is 36.7. The molecular weight excluding hydrogens is 655 g/mol. The quantitative estimate of drug-likeness (QED) is 0.0253. The Bertz CT molecular complexity index is 1000. The van der Waals surface area contributed by atoms with E-state index >= 15 is 0 Å². The molecule has 0 aliphatic heterocycles. The maximum atomic E-state index is 12.5.